The van der Waals surface area contributed by atoms with Gasteiger partial charge in [0.25, 0.3) is 0 Å². The molecule has 0 unspecified atom stereocenters. The molecule has 0 atom stereocenters. The maximum atomic E-state index is 14.4. The summed E-state index contributed by atoms with van der Waals surface area (Å²) in [6.45, 7) is 6.74. The summed E-state index contributed by atoms with van der Waals surface area (Å²) in [5.74, 6) is 1.13. The smallest absolute Gasteiger partial charge is 0.131 e. The van der Waals surface area contributed by atoms with Crippen LogP contribution in [0.25, 0.3) is 11.1 Å². The highest BCUT2D eigenvalue weighted by atomic mass is 19.1. The van der Waals surface area contributed by atoms with Crippen LogP contribution in [0.4, 0.5) is 4.39 Å². The van der Waals surface area contributed by atoms with Gasteiger partial charge in [-0.15, -0.1) is 0 Å². The zero-order valence-corrected chi connectivity index (χ0v) is 14.4. The first-order valence-electron chi connectivity index (χ1n) is 8.40. The number of halogens is 1. The van der Waals surface area contributed by atoms with Crippen molar-refractivity contribution in [1.82, 2.24) is 0 Å². The minimum atomic E-state index is -0.187. The van der Waals surface area contributed by atoms with Crippen LogP contribution in [0.5, 0.6) is 5.75 Å². The summed E-state index contributed by atoms with van der Waals surface area (Å²) in [5.41, 5.74) is 4.47. The van der Waals surface area contributed by atoms with Gasteiger partial charge in [-0.2, -0.15) is 0 Å². The van der Waals surface area contributed by atoms with Crippen LogP contribution in [0.15, 0.2) is 36.4 Å². The van der Waals surface area contributed by atoms with E-state index in [0.29, 0.717) is 17.2 Å². The third-order valence-electron chi connectivity index (χ3n) is 4.84. The third-order valence-corrected chi connectivity index (χ3v) is 4.84. The maximum absolute atomic E-state index is 14.4. The molecular formula is C21H25FO. The number of benzene rings is 2. The van der Waals surface area contributed by atoms with E-state index in [1.54, 1.807) is 13.2 Å². The molecule has 0 N–H and O–H groups in total. The van der Waals surface area contributed by atoms with E-state index in [0.717, 1.165) is 12.0 Å². The molecule has 0 amide bonds. The molecule has 23 heavy (non-hydrogen) atoms. The fourth-order valence-corrected chi connectivity index (χ4v) is 3.22. The van der Waals surface area contributed by atoms with Crippen molar-refractivity contribution in [1.29, 1.82) is 0 Å². The average Bonchev–Trinajstić information content (AvgIpc) is 3.26. The van der Waals surface area contributed by atoms with Crippen molar-refractivity contribution in [2.45, 2.75) is 45.4 Å². The van der Waals surface area contributed by atoms with Crippen LogP contribution >= 0.6 is 0 Å². The van der Waals surface area contributed by atoms with Crippen LogP contribution in [0.3, 0.4) is 0 Å². The van der Waals surface area contributed by atoms with Gasteiger partial charge in [0.1, 0.15) is 11.6 Å². The minimum Gasteiger partial charge on any atom is -0.497 e. The van der Waals surface area contributed by atoms with Crippen molar-refractivity contribution in [3.63, 3.8) is 0 Å². The molecule has 0 saturated heterocycles. The molecule has 3 rings (SSSR count). The largest absolute Gasteiger partial charge is 0.497 e. The fraction of sp³-hybridized carbons (Fsp3) is 0.429. The highest BCUT2D eigenvalue weighted by molar-refractivity contribution is 5.72. The molecule has 1 aliphatic carbocycles. The molecule has 122 valence electrons. The summed E-state index contributed by atoms with van der Waals surface area (Å²) in [6.07, 6.45) is 3.41. The lowest BCUT2D eigenvalue weighted by Crippen LogP contribution is -2.06. The second kappa shape index (κ2) is 5.99. The summed E-state index contributed by atoms with van der Waals surface area (Å²) < 4.78 is 19.7. The van der Waals surface area contributed by atoms with E-state index in [1.165, 1.54) is 30.0 Å². The van der Waals surface area contributed by atoms with Gasteiger partial charge in [0.05, 0.1) is 7.11 Å². The van der Waals surface area contributed by atoms with Gasteiger partial charge >= 0.3 is 0 Å². The van der Waals surface area contributed by atoms with Crippen molar-refractivity contribution in [2.24, 2.45) is 5.92 Å². The van der Waals surface area contributed by atoms with Crippen LogP contribution in [0, 0.1) is 11.7 Å². The highest BCUT2D eigenvalue weighted by Gasteiger charge is 2.41. The van der Waals surface area contributed by atoms with Crippen molar-refractivity contribution >= 4 is 0 Å². The SMILES string of the molecule is COc1ccc(F)c(-c2ccc(CC(C)C)cc2C2(C)CC2)c1. The van der Waals surface area contributed by atoms with Crippen LogP contribution in [-0.2, 0) is 11.8 Å². The molecule has 2 heteroatoms. The summed E-state index contributed by atoms with van der Waals surface area (Å²) in [6, 6.07) is 11.5. The van der Waals surface area contributed by atoms with Gasteiger partial charge in [-0.3, -0.25) is 0 Å². The van der Waals surface area contributed by atoms with Gasteiger partial charge < -0.3 is 4.74 Å². The van der Waals surface area contributed by atoms with E-state index < -0.39 is 0 Å². The lowest BCUT2D eigenvalue weighted by molar-refractivity contribution is 0.414. The van der Waals surface area contributed by atoms with Crippen LogP contribution in [0.1, 0.15) is 44.7 Å². The van der Waals surface area contributed by atoms with E-state index in [9.17, 15) is 4.39 Å². The first-order valence-corrected chi connectivity index (χ1v) is 8.40. The summed E-state index contributed by atoms with van der Waals surface area (Å²) in [4.78, 5) is 0. The standard InChI is InChI=1S/C21H25FO/c1-14(2)11-15-5-7-17(19(12-15)21(3)9-10-21)18-13-16(23-4)6-8-20(18)22/h5-8,12-14H,9-11H2,1-4H3. The van der Waals surface area contributed by atoms with Gasteiger partial charge in [-0.25, -0.2) is 4.39 Å². The molecule has 2 aromatic rings. The molecule has 2 aromatic carbocycles. The predicted molar refractivity (Wildman–Crippen MR) is 93.5 cm³/mol. The highest BCUT2D eigenvalue weighted by Crippen LogP contribution is 2.51. The number of hydrogen-bond donors (Lipinski definition) is 0. The number of rotatable bonds is 5. The molecule has 0 spiro atoms. The first kappa shape index (κ1) is 16.0. The van der Waals surface area contributed by atoms with Gasteiger partial charge in [-0.05, 0) is 65.5 Å². The summed E-state index contributed by atoms with van der Waals surface area (Å²) in [5, 5.41) is 0. The molecular weight excluding hydrogens is 287 g/mol. The second-order valence-electron chi connectivity index (χ2n) is 7.38. The van der Waals surface area contributed by atoms with Crippen molar-refractivity contribution < 1.29 is 9.13 Å². The zero-order valence-electron chi connectivity index (χ0n) is 14.4. The van der Waals surface area contributed by atoms with Crippen LogP contribution in [-0.4, -0.2) is 7.11 Å². The molecule has 1 nitrogen and oxygen atoms in total. The van der Waals surface area contributed by atoms with Crippen LogP contribution < -0.4 is 4.74 Å². The topological polar surface area (TPSA) is 9.23 Å². The van der Waals surface area contributed by atoms with E-state index in [4.69, 9.17) is 4.74 Å². The van der Waals surface area contributed by atoms with Crippen LogP contribution in [0.2, 0.25) is 0 Å². The molecule has 1 fully saturated rings. The molecule has 0 aliphatic heterocycles. The Kier molecular flexibility index (Phi) is 4.18. The summed E-state index contributed by atoms with van der Waals surface area (Å²) >= 11 is 0. The molecule has 0 radical (unpaired) electrons. The van der Waals surface area contributed by atoms with Crippen molar-refractivity contribution in [3.05, 3.63) is 53.3 Å². The number of hydrogen-bond acceptors (Lipinski definition) is 1. The lowest BCUT2D eigenvalue weighted by atomic mass is 9.86. The fourth-order valence-electron chi connectivity index (χ4n) is 3.22. The number of methoxy groups -OCH3 is 1. The summed E-state index contributed by atoms with van der Waals surface area (Å²) in [7, 11) is 1.62. The van der Waals surface area contributed by atoms with Gasteiger partial charge in [0, 0.05) is 5.56 Å². The minimum absolute atomic E-state index is 0.187. The molecule has 0 aromatic heterocycles. The normalized spacial score (nSPS) is 15.7. The Morgan fingerprint density at radius 2 is 1.83 bits per heavy atom. The average molecular weight is 312 g/mol. The monoisotopic (exact) mass is 312 g/mol. The second-order valence-corrected chi connectivity index (χ2v) is 7.38. The molecule has 0 heterocycles. The molecule has 1 aliphatic rings. The maximum Gasteiger partial charge on any atom is 0.131 e. The van der Waals surface area contributed by atoms with Crippen molar-refractivity contribution in [3.8, 4) is 16.9 Å². The Morgan fingerprint density at radius 3 is 2.43 bits per heavy atom. The Hall–Kier alpha value is -1.83. The Bertz CT molecular complexity index is 714. The van der Waals surface area contributed by atoms with E-state index >= 15 is 0 Å². The first-order chi connectivity index (χ1) is 10.9. The quantitative estimate of drug-likeness (QED) is 0.683. The van der Waals surface area contributed by atoms with Gasteiger partial charge in [0.2, 0.25) is 0 Å². The lowest BCUT2D eigenvalue weighted by Gasteiger charge is -2.19. The van der Waals surface area contributed by atoms with Gasteiger partial charge in [0.15, 0.2) is 0 Å². The van der Waals surface area contributed by atoms with Crippen molar-refractivity contribution in [2.75, 3.05) is 7.11 Å². The Balaban J connectivity index is 2.12. The predicted octanol–water partition coefficient (Wildman–Crippen LogP) is 5.75. The van der Waals surface area contributed by atoms with E-state index in [2.05, 4.69) is 39.0 Å². The zero-order chi connectivity index (χ0) is 16.6. The van der Waals surface area contributed by atoms with E-state index in [1.807, 2.05) is 6.07 Å². The Morgan fingerprint density at radius 1 is 1.09 bits per heavy atom. The third kappa shape index (κ3) is 3.26. The van der Waals surface area contributed by atoms with Gasteiger partial charge in [-0.1, -0.05) is 39.0 Å². The molecule has 0 bridgehead atoms. The Labute approximate surface area is 138 Å². The van der Waals surface area contributed by atoms with E-state index in [-0.39, 0.29) is 11.2 Å². The number of ether oxygens (including phenoxy) is 1. The molecule has 1 saturated carbocycles.